The highest BCUT2D eigenvalue weighted by molar-refractivity contribution is 7.17. The van der Waals surface area contributed by atoms with Crippen molar-refractivity contribution in [2.75, 3.05) is 12.4 Å². The number of hydrogen-bond acceptors (Lipinski definition) is 7. The van der Waals surface area contributed by atoms with E-state index in [1.165, 1.54) is 27.2 Å². The van der Waals surface area contributed by atoms with Gasteiger partial charge < -0.3 is 10.1 Å². The third kappa shape index (κ3) is 3.41. The molecule has 28 heavy (non-hydrogen) atoms. The summed E-state index contributed by atoms with van der Waals surface area (Å²) in [5.74, 6) is 0.922. The van der Waals surface area contributed by atoms with Crippen molar-refractivity contribution in [3.8, 4) is 16.9 Å². The van der Waals surface area contributed by atoms with Crippen LogP contribution < -0.4 is 15.6 Å². The first-order valence-corrected chi connectivity index (χ1v) is 10.1. The molecule has 1 aromatic carbocycles. The summed E-state index contributed by atoms with van der Waals surface area (Å²) in [4.78, 5) is 34.7. The Balaban J connectivity index is 1.73. The normalized spacial score (nSPS) is 10.9. The molecule has 0 aliphatic carbocycles. The lowest BCUT2D eigenvalue weighted by Gasteiger charge is -2.10. The van der Waals surface area contributed by atoms with Gasteiger partial charge in [0.25, 0.3) is 5.56 Å². The van der Waals surface area contributed by atoms with Gasteiger partial charge in [-0.15, -0.1) is 22.7 Å². The molecule has 1 N–H and O–H groups in total. The van der Waals surface area contributed by atoms with E-state index in [1.54, 1.807) is 25.6 Å². The van der Waals surface area contributed by atoms with Crippen LogP contribution in [0.3, 0.4) is 0 Å². The van der Waals surface area contributed by atoms with Crippen molar-refractivity contribution in [2.45, 2.75) is 13.5 Å². The number of hydrogen-bond donors (Lipinski definition) is 1. The molecule has 0 radical (unpaired) electrons. The number of nitrogens with zero attached hydrogens (tertiary/aromatic N) is 3. The van der Waals surface area contributed by atoms with E-state index >= 15 is 0 Å². The van der Waals surface area contributed by atoms with Gasteiger partial charge in [0, 0.05) is 22.5 Å². The highest BCUT2D eigenvalue weighted by atomic mass is 32.1. The van der Waals surface area contributed by atoms with Crippen LogP contribution in [-0.2, 0) is 11.3 Å². The van der Waals surface area contributed by atoms with E-state index in [1.807, 2.05) is 29.6 Å². The van der Waals surface area contributed by atoms with Crippen molar-refractivity contribution in [2.24, 2.45) is 0 Å². The second kappa shape index (κ2) is 7.53. The number of thiophene rings is 1. The molecule has 0 saturated carbocycles. The molecular weight excluding hydrogens is 396 g/mol. The van der Waals surface area contributed by atoms with Gasteiger partial charge in [-0.1, -0.05) is 12.1 Å². The quantitative estimate of drug-likeness (QED) is 0.542. The predicted molar refractivity (Wildman–Crippen MR) is 111 cm³/mol. The molecule has 3 heterocycles. The second-order valence-electron chi connectivity index (χ2n) is 5.99. The fourth-order valence-electron chi connectivity index (χ4n) is 2.88. The number of thiazole rings is 1. The molecule has 0 unspecified atom stereocenters. The Hall–Kier alpha value is -3.04. The molecule has 1 amide bonds. The zero-order valence-electron chi connectivity index (χ0n) is 15.1. The minimum Gasteiger partial charge on any atom is -0.497 e. The standard InChI is InChI=1S/C19H16N4O3S2/c1-11-21-17-16(14(10-28-17)12-3-5-13(26-2)6-4-12)18(25)23(11)9-15(24)22-19-20-7-8-27-19/h3-8,10H,9H2,1-2H3,(H,20,22,24). The molecule has 7 nitrogen and oxygen atoms in total. The Morgan fingerprint density at radius 1 is 1.25 bits per heavy atom. The van der Waals surface area contributed by atoms with Crippen LogP contribution in [0.15, 0.2) is 46.0 Å². The molecule has 0 aliphatic rings. The minimum atomic E-state index is -0.317. The van der Waals surface area contributed by atoms with Gasteiger partial charge in [-0.25, -0.2) is 9.97 Å². The van der Waals surface area contributed by atoms with E-state index in [9.17, 15) is 9.59 Å². The summed E-state index contributed by atoms with van der Waals surface area (Å²) in [6.45, 7) is 1.61. The number of nitrogens with one attached hydrogen (secondary N) is 1. The number of fused-ring (bicyclic) bond motifs is 1. The number of anilines is 1. The van der Waals surface area contributed by atoms with Crippen LogP contribution in [0.25, 0.3) is 21.3 Å². The third-order valence-corrected chi connectivity index (χ3v) is 5.83. The van der Waals surface area contributed by atoms with Crippen molar-refractivity contribution in [1.82, 2.24) is 14.5 Å². The number of carbonyl (C=O) groups excluding carboxylic acids is 1. The van der Waals surface area contributed by atoms with Crippen molar-refractivity contribution in [3.05, 3.63) is 57.4 Å². The van der Waals surface area contributed by atoms with Crippen LogP contribution in [0.2, 0.25) is 0 Å². The average Bonchev–Trinajstić information content (AvgIpc) is 3.35. The summed E-state index contributed by atoms with van der Waals surface area (Å²) in [6, 6.07) is 7.50. The van der Waals surface area contributed by atoms with E-state index in [0.29, 0.717) is 21.2 Å². The first kappa shape index (κ1) is 18.3. The van der Waals surface area contributed by atoms with E-state index in [4.69, 9.17) is 4.74 Å². The largest absolute Gasteiger partial charge is 0.497 e. The lowest BCUT2D eigenvalue weighted by atomic mass is 10.1. The molecule has 3 aromatic heterocycles. The molecule has 4 rings (SSSR count). The molecule has 0 aliphatic heterocycles. The molecule has 4 aromatic rings. The molecule has 0 fully saturated rings. The maximum absolute atomic E-state index is 13.2. The minimum absolute atomic E-state index is 0.120. The van der Waals surface area contributed by atoms with Crippen LogP contribution in [0.1, 0.15) is 5.82 Å². The smallest absolute Gasteiger partial charge is 0.263 e. The first-order valence-electron chi connectivity index (χ1n) is 8.39. The number of ether oxygens (including phenoxy) is 1. The van der Waals surface area contributed by atoms with Crippen LogP contribution in [-0.4, -0.2) is 27.6 Å². The number of aryl methyl sites for hydroxylation is 1. The molecule has 142 valence electrons. The summed E-state index contributed by atoms with van der Waals surface area (Å²) in [7, 11) is 1.61. The lowest BCUT2D eigenvalue weighted by molar-refractivity contribution is -0.116. The fourth-order valence-corrected chi connectivity index (χ4v) is 4.41. The molecule has 9 heteroatoms. The number of benzene rings is 1. The summed E-state index contributed by atoms with van der Waals surface area (Å²) in [6.07, 6.45) is 1.61. The van der Waals surface area contributed by atoms with Gasteiger partial charge in [0.15, 0.2) is 5.13 Å². The number of amides is 1. The lowest BCUT2D eigenvalue weighted by Crippen LogP contribution is -2.30. The zero-order valence-corrected chi connectivity index (χ0v) is 16.8. The summed E-state index contributed by atoms with van der Waals surface area (Å²) in [5.41, 5.74) is 1.46. The third-order valence-electron chi connectivity index (χ3n) is 4.27. The molecule has 0 spiro atoms. The SMILES string of the molecule is COc1ccc(-c2csc3nc(C)n(CC(=O)Nc4nccs4)c(=O)c23)cc1. The molecular formula is C19H16N4O3S2. The fraction of sp³-hybridized carbons (Fsp3) is 0.158. The molecule has 0 atom stereocenters. The highest BCUT2D eigenvalue weighted by Crippen LogP contribution is 2.32. The van der Waals surface area contributed by atoms with Gasteiger partial charge in [-0.2, -0.15) is 0 Å². The van der Waals surface area contributed by atoms with E-state index in [0.717, 1.165) is 16.9 Å². The number of rotatable bonds is 5. The van der Waals surface area contributed by atoms with Crippen molar-refractivity contribution in [1.29, 1.82) is 0 Å². The van der Waals surface area contributed by atoms with Gasteiger partial charge >= 0.3 is 0 Å². The average molecular weight is 412 g/mol. The summed E-state index contributed by atoms with van der Waals surface area (Å²) >= 11 is 2.74. The van der Waals surface area contributed by atoms with E-state index < -0.39 is 0 Å². The number of carbonyl (C=O) groups is 1. The van der Waals surface area contributed by atoms with E-state index in [2.05, 4.69) is 15.3 Å². The summed E-state index contributed by atoms with van der Waals surface area (Å²) < 4.78 is 6.59. The van der Waals surface area contributed by atoms with Crippen molar-refractivity contribution >= 4 is 43.9 Å². The predicted octanol–water partition coefficient (Wildman–Crippen LogP) is 3.54. The van der Waals surface area contributed by atoms with Gasteiger partial charge in [0.2, 0.25) is 5.91 Å². The van der Waals surface area contributed by atoms with E-state index in [-0.39, 0.29) is 18.0 Å². The van der Waals surface area contributed by atoms with Crippen LogP contribution in [0.4, 0.5) is 5.13 Å². The molecule has 0 saturated heterocycles. The number of aromatic nitrogens is 3. The van der Waals surface area contributed by atoms with Crippen LogP contribution in [0, 0.1) is 6.92 Å². The Morgan fingerprint density at radius 2 is 2.04 bits per heavy atom. The van der Waals surface area contributed by atoms with Crippen molar-refractivity contribution < 1.29 is 9.53 Å². The monoisotopic (exact) mass is 412 g/mol. The maximum Gasteiger partial charge on any atom is 0.263 e. The van der Waals surface area contributed by atoms with Crippen LogP contribution in [0.5, 0.6) is 5.75 Å². The van der Waals surface area contributed by atoms with Gasteiger partial charge in [0.1, 0.15) is 22.9 Å². The number of methoxy groups -OCH3 is 1. The van der Waals surface area contributed by atoms with Crippen molar-refractivity contribution in [3.63, 3.8) is 0 Å². The Bertz CT molecular complexity index is 1190. The second-order valence-corrected chi connectivity index (χ2v) is 7.75. The first-order chi connectivity index (χ1) is 13.6. The summed E-state index contributed by atoms with van der Waals surface area (Å²) in [5, 5.41) is 7.40. The van der Waals surface area contributed by atoms with Gasteiger partial charge in [0.05, 0.1) is 12.5 Å². The Morgan fingerprint density at radius 3 is 2.71 bits per heavy atom. The Kier molecular flexibility index (Phi) is 4.93. The van der Waals surface area contributed by atoms with Gasteiger partial charge in [-0.05, 0) is 24.6 Å². The van der Waals surface area contributed by atoms with Gasteiger partial charge in [-0.3, -0.25) is 14.2 Å². The maximum atomic E-state index is 13.2. The van der Waals surface area contributed by atoms with Crippen LogP contribution >= 0.6 is 22.7 Å². The zero-order chi connectivity index (χ0) is 19.7. The topological polar surface area (TPSA) is 86.1 Å². The molecule has 0 bridgehead atoms. The highest BCUT2D eigenvalue weighted by Gasteiger charge is 2.17. The Labute approximate surface area is 168 Å².